The van der Waals surface area contributed by atoms with Crippen molar-refractivity contribution in [3.8, 4) is 11.5 Å². The summed E-state index contributed by atoms with van der Waals surface area (Å²) in [4.78, 5) is 3.95. The summed E-state index contributed by atoms with van der Waals surface area (Å²) < 4.78 is 5.56. The van der Waals surface area contributed by atoms with Crippen molar-refractivity contribution in [3.63, 3.8) is 0 Å². The summed E-state index contributed by atoms with van der Waals surface area (Å²) in [5.74, 6) is 1.25. The Balaban J connectivity index is 2.28. The minimum absolute atomic E-state index is 0.561. The van der Waals surface area contributed by atoms with E-state index in [2.05, 4.69) is 11.9 Å². The maximum atomic E-state index is 5.97. The fraction of sp³-hybridized carbons (Fsp3) is 0. The van der Waals surface area contributed by atoms with Gasteiger partial charge in [0.1, 0.15) is 11.5 Å². The summed E-state index contributed by atoms with van der Waals surface area (Å²) >= 11 is 5.97. The molecule has 1 heterocycles. The molecule has 0 saturated carbocycles. The summed E-state index contributed by atoms with van der Waals surface area (Å²) in [6.07, 6.45) is 3.32. The molecule has 0 saturated heterocycles. The third-order valence-corrected chi connectivity index (χ3v) is 2.17. The Morgan fingerprint density at radius 3 is 2.87 bits per heavy atom. The number of ether oxygens (including phenoxy) is 1. The van der Waals surface area contributed by atoms with E-state index < -0.39 is 0 Å². The van der Waals surface area contributed by atoms with Crippen LogP contribution in [0.3, 0.4) is 0 Å². The Hall–Kier alpha value is -1.54. The maximum Gasteiger partial charge on any atom is 0.146 e. The van der Waals surface area contributed by atoms with E-state index in [-0.39, 0.29) is 0 Å². The van der Waals surface area contributed by atoms with Crippen LogP contribution in [0.1, 0.15) is 5.56 Å². The average Bonchev–Trinajstić information content (AvgIpc) is 2.25. The predicted molar refractivity (Wildman–Crippen MR) is 60.2 cm³/mol. The zero-order valence-corrected chi connectivity index (χ0v) is 8.74. The molecule has 0 unspecified atom stereocenters. The van der Waals surface area contributed by atoms with Gasteiger partial charge in [0, 0.05) is 6.20 Å². The Labute approximate surface area is 93.5 Å². The molecule has 1 radical (unpaired) electrons. The molecule has 0 amide bonds. The molecule has 2 rings (SSSR count). The monoisotopic (exact) mass is 218 g/mol. The van der Waals surface area contributed by atoms with Crippen molar-refractivity contribution in [1.29, 1.82) is 0 Å². The van der Waals surface area contributed by atoms with E-state index in [9.17, 15) is 0 Å². The lowest BCUT2D eigenvalue weighted by atomic mass is 10.2. The van der Waals surface area contributed by atoms with Crippen LogP contribution in [0.4, 0.5) is 0 Å². The maximum absolute atomic E-state index is 5.97. The molecule has 0 fully saturated rings. The summed E-state index contributed by atoms with van der Waals surface area (Å²) in [6, 6.07) is 9.00. The van der Waals surface area contributed by atoms with Crippen LogP contribution in [-0.2, 0) is 0 Å². The molecule has 0 aliphatic carbocycles. The van der Waals surface area contributed by atoms with Gasteiger partial charge in [0.2, 0.25) is 0 Å². The zero-order chi connectivity index (χ0) is 10.7. The molecule has 0 aliphatic heterocycles. The minimum atomic E-state index is 0.561. The second-order valence-electron chi connectivity index (χ2n) is 3.06. The van der Waals surface area contributed by atoms with Gasteiger partial charge in [0.05, 0.1) is 11.2 Å². The predicted octanol–water partition coefficient (Wildman–Crippen LogP) is 3.71. The fourth-order valence-electron chi connectivity index (χ4n) is 1.16. The first-order valence-corrected chi connectivity index (χ1v) is 4.83. The molecule has 2 nitrogen and oxygen atoms in total. The quantitative estimate of drug-likeness (QED) is 0.767. The third kappa shape index (κ3) is 2.48. The third-order valence-electron chi connectivity index (χ3n) is 1.86. The number of hydrogen-bond acceptors (Lipinski definition) is 2. The molecular weight excluding hydrogens is 210 g/mol. The van der Waals surface area contributed by atoms with Gasteiger partial charge in [-0.1, -0.05) is 17.7 Å². The number of rotatable bonds is 2. The Morgan fingerprint density at radius 2 is 2.13 bits per heavy atom. The molecule has 0 spiro atoms. The second-order valence-corrected chi connectivity index (χ2v) is 3.46. The van der Waals surface area contributed by atoms with E-state index in [4.69, 9.17) is 16.3 Å². The van der Waals surface area contributed by atoms with E-state index in [0.717, 1.165) is 5.56 Å². The van der Waals surface area contributed by atoms with Gasteiger partial charge >= 0.3 is 0 Å². The molecule has 3 heteroatoms. The van der Waals surface area contributed by atoms with Gasteiger partial charge in [-0.05, 0) is 36.8 Å². The molecule has 2 aromatic rings. The van der Waals surface area contributed by atoms with Crippen molar-refractivity contribution in [2.75, 3.05) is 0 Å². The topological polar surface area (TPSA) is 22.1 Å². The van der Waals surface area contributed by atoms with Gasteiger partial charge in [-0.2, -0.15) is 0 Å². The van der Waals surface area contributed by atoms with Gasteiger partial charge < -0.3 is 4.74 Å². The van der Waals surface area contributed by atoms with Gasteiger partial charge in [-0.3, -0.25) is 4.98 Å². The molecule has 1 aromatic carbocycles. The molecule has 0 N–H and O–H groups in total. The van der Waals surface area contributed by atoms with Crippen molar-refractivity contribution in [2.24, 2.45) is 0 Å². The molecule has 0 atom stereocenters. The summed E-state index contributed by atoms with van der Waals surface area (Å²) in [5.41, 5.74) is 0.860. The molecule has 15 heavy (non-hydrogen) atoms. The van der Waals surface area contributed by atoms with Crippen LogP contribution in [-0.4, -0.2) is 4.98 Å². The Kier molecular flexibility index (Phi) is 2.88. The SMILES string of the molecule is [CH2]c1ccc(Cl)c(Oc2cccnc2)c1. The normalized spacial score (nSPS) is 10.0. The lowest BCUT2D eigenvalue weighted by Gasteiger charge is -2.07. The Bertz CT molecular complexity index is 456. The van der Waals surface area contributed by atoms with Gasteiger partial charge in [0.25, 0.3) is 0 Å². The molecule has 1 aromatic heterocycles. The molecule has 75 valence electrons. The van der Waals surface area contributed by atoms with Crippen LogP contribution in [0.2, 0.25) is 5.02 Å². The molecular formula is C12H9ClNO. The zero-order valence-electron chi connectivity index (χ0n) is 7.98. The van der Waals surface area contributed by atoms with E-state index in [1.54, 1.807) is 30.6 Å². The van der Waals surface area contributed by atoms with Crippen molar-refractivity contribution < 1.29 is 4.74 Å². The second kappa shape index (κ2) is 4.32. The number of benzene rings is 1. The average molecular weight is 219 g/mol. The number of hydrogen-bond donors (Lipinski definition) is 0. The van der Waals surface area contributed by atoms with Crippen LogP contribution in [0.15, 0.2) is 42.7 Å². The standard InChI is InChI=1S/C12H9ClNO/c1-9-4-5-11(13)12(7-9)15-10-3-2-6-14-8-10/h2-8H,1H2. The van der Waals surface area contributed by atoms with Gasteiger partial charge in [-0.25, -0.2) is 0 Å². The van der Waals surface area contributed by atoms with Gasteiger partial charge in [0.15, 0.2) is 0 Å². The summed E-state index contributed by atoms with van der Waals surface area (Å²) in [7, 11) is 0. The highest BCUT2D eigenvalue weighted by Crippen LogP contribution is 2.29. The molecule has 0 bridgehead atoms. The summed E-state index contributed by atoms with van der Waals surface area (Å²) in [6.45, 7) is 3.81. The fourth-order valence-corrected chi connectivity index (χ4v) is 1.32. The van der Waals surface area contributed by atoms with Crippen LogP contribution in [0.25, 0.3) is 0 Å². The minimum Gasteiger partial charge on any atom is -0.454 e. The Morgan fingerprint density at radius 1 is 1.27 bits per heavy atom. The van der Waals surface area contributed by atoms with E-state index >= 15 is 0 Å². The van der Waals surface area contributed by atoms with Crippen molar-refractivity contribution in [3.05, 3.63) is 60.2 Å². The van der Waals surface area contributed by atoms with Crippen molar-refractivity contribution >= 4 is 11.6 Å². The van der Waals surface area contributed by atoms with E-state index in [1.807, 2.05) is 12.1 Å². The lowest BCUT2D eigenvalue weighted by molar-refractivity contribution is 0.480. The first-order chi connectivity index (χ1) is 7.25. The first-order valence-electron chi connectivity index (χ1n) is 4.45. The van der Waals surface area contributed by atoms with E-state index in [1.165, 1.54) is 0 Å². The number of halogens is 1. The van der Waals surface area contributed by atoms with Crippen molar-refractivity contribution in [1.82, 2.24) is 4.98 Å². The highest BCUT2D eigenvalue weighted by atomic mass is 35.5. The highest BCUT2D eigenvalue weighted by molar-refractivity contribution is 6.32. The van der Waals surface area contributed by atoms with Crippen LogP contribution >= 0.6 is 11.6 Å². The van der Waals surface area contributed by atoms with Crippen LogP contribution in [0.5, 0.6) is 11.5 Å². The van der Waals surface area contributed by atoms with Gasteiger partial charge in [-0.15, -0.1) is 0 Å². The van der Waals surface area contributed by atoms with E-state index in [0.29, 0.717) is 16.5 Å². The first kappa shape index (κ1) is 9.99. The largest absolute Gasteiger partial charge is 0.454 e. The lowest BCUT2D eigenvalue weighted by Crippen LogP contribution is -1.86. The highest BCUT2D eigenvalue weighted by Gasteiger charge is 2.02. The van der Waals surface area contributed by atoms with Crippen molar-refractivity contribution in [2.45, 2.75) is 0 Å². The number of nitrogens with zero attached hydrogens (tertiary/aromatic N) is 1. The number of aromatic nitrogens is 1. The summed E-state index contributed by atoms with van der Waals surface area (Å²) in [5, 5.41) is 0.561. The number of pyridine rings is 1. The van der Waals surface area contributed by atoms with Crippen LogP contribution in [0, 0.1) is 6.92 Å². The van der Waals surface area contributed by atoms with Crippen LogP contribution < -0.4 is 4.74 Å². The smallest absolute Gasteiger partial charge is 0.146 e. The molecule has 0 aliphatic rings.